The van der Waals surface area contributed by atoms with Crippen LogP contribution < -0.4 is 5.32 Å². The number of hydrogen-bond acceptors (Lipinski definition) is 3. The van der Waals surface area contributed by atoms with Crippen LogP contribution in [0.4, 0.5) is 0 Å². The molecule has 0 aliphatic carbocycles. The first-order chi connectivity index (χ1) is 9.10. The largest absolute Gasteiger partial charge is 0.480 e. The van der Waals surface area contributed by atoms with E-state index in [9.17, 15) is 14.7 Å². The standard InChI is InChI=1S/C14H24N2O3/c1-2-6-14(7-4-8-15-10-14)13(19)16-9-3-5-11(16)12(17)18/h11,15H,2-10H2,1H3,(H,17,18)/t11-,14?/m0/s1. The Labute approximate surface area is 114 Å². The molecule has 2 saturated heterocycles. The van der Waals surface area contributed by atoms with Gasteiger partial charge in [0.2, 0.25) is 5.91 Å². The topological polar surface area (TPSA) is 69.6 Å². The number of carboxylic acids is 1. The molecular weight excluding hydrogens is 244 g/mol. The lowest BCUT2D eigenvalue weighted by Gasteiger charge is -2.40. The van der Waals surface area contributed by atoms with Gasteiger partial charge in [-0.15, -0.1) is 0 Å². The number of hydrogen-bond donors (Lipinski definition) is 2. The number of nitrogens with one attached hydrogen (secondary N) is 1. The van der Waals surface area contributed by atoms with Crippen molar-refractivity contribution >= 4 is 11.9 Å². The molecule has 1 unspecified atom stereocenters. The molecule has 2 aliphatic rings. The van der Waals surface area contributed by atoms with Crippen molar-refractivity contribution in [2.24, 2.45) is 5.41 Å². The predicted octanol–water partition coefficient (Wildman–Crippen LogP) is 1.23. The number of carbonyl (C=O) groups excluding carboxylic acids is 1. The number of carbonyl (C=O) groups is 2. The van der Waals surface area contributed by atoms with Gasteiger partial charge in [0.1, 0.15) is 6.04 Å². The maximum atomic E-state index is 12.8. The third kappa shape index (κ3) is 2.76. The lowest BCUT2D eigenvalue weighted by atomic mass is 9.75. The summed E-state index contributed by atoms with van der Waals surface area (Å²) in [6.45, 7) is 4.34. The van der Waals surface area contributed by atoms with Gasteiger partial charge in [0.25, 0.3) is 0 Å². The molecule has 5 nitrogen and oxygen atoms in total. The van der Waals surface area contributed by atoms with Crippen LogP contribution in [-0.4, -0.2) is 47.6 Å². The van der Waals surface area contributed by atoms with Gasteiger partial charge in [-0.2, -0.15) is 0 Å². The highest BCUT2D eigenvalue weighted by Gasteiger charge is 2.45. The zero-order chi connectivity index (χ0) is 13.9. The second kappa shape index (κ2) is 5.90. The molecule has 0 aromatic carbocycles. The van der Waals surface area contributed by atoms with Gasteiger partial charge in [-0.1, -0.05) is 13.3 Å². The SMILES string of the molecule is CCCC1(C(=O)N2CCC[C@H]2C(=O)O)CCCNC1. The maximum absolute atomic E-state index is 12.8. The highest BCUT2D eigenvalue weighted by Crippen LogP contribution is 2.36. The molecule has 2 heterocycles. The molecule has 2 N–H and O–H groups in total. The Hall–Kier alpha value is -1.10. The van der Waals surface area contributed by atoms with Gasteiger partial charge in [-0.25, -0.2) is 4.79 Å². The Morgan fingerprint density at radius 1 is 1.42 bits per heavy atom. The molecule has 108 valence electrons. The molecule has 2 aliphatic heterocycles. The van der Waals surface area contributed by atoms with E-state index in [-0.39, 0.29) is 11.3 Å². The van der Waals surface area contributed by atoms with Gasteiger partial charge in [0.15, 0.2) is 0 Å². The number of rotatable bonds is 4. The first kappa shape index (κ1) is 14.3. The van der Waals surface area contributed by atoms with Crippen LogP contribution in [-0.2, 0) is 9.59 Å². The van der Waals surface area contributed by atoms with Gasteiger partial charge < -0.3 is 15.3 Å². The summed E-state index contributed by atoms with van der Waals surface area (Å²) in [5.74, 6) is -0.798. The van der Waals surface area contributed by atoms with Gasteiger partial charge in [-0.3, -0.25) is 4.79 Å². The van der Waals surface area contributed by atoms with Crippen LogP contribution in [0.3, 0.4) is 0 Å². The molecule has 0 bridgehead atoms. The minimum atomic E-state index is -0.860. The van der Waals surface area contributed by atoms with Gasteiger partial charge >= 0.3 is 5.97 Å². The first-order valence-corrected chi connectivity index (χ1v) is 7.35. The molecule has 5 heteroatoms. The summed E-state index contributed by atoms with van der Waals surface area (Å²) < 4.78 is 0. The molecule has 2 rings (SSSR count). The van der Waals surface area contributed by atoms with Crippen LogP contribution in [0.5, 0.6) is 0 Å². The highest BCUT2D eigenvalue weighted by atomic mass is 16.4. The summed E-state index contributed by atoms with van der Waals surface area (Å²) in [5, 5.41) is 12.5. The average Bonchev–Trinajstić information content (AvgIpc) is 2.88. The fraction of sp³-hybridized carbons (Fsp3) is 0.857. The van der Waals surface area contributed by atoms with Gasteiger partial charge in [-0.05, 0) is 38.6 Å². The first-order valence-electron chi connectivity index (χ1n) is 7.35. The molecule has 19 heavy (non-hydrogen) atoms. The third-order valence-electron chi connectivity index (χ3n) is 4.45. The summed E-state index contributed by atoms with van der Waals surface area (Å²) in [6.07, 6.45) is 5.09. The molecular formula is C14H24N2O3. The van der Waals surface area contributed by atoms with E-state index in [1.165, 1.54) is 0 Å². The summed E-state index contributed by atoms with van der Waals surface area (Å²) in [7, 11) is 0. The molecule has 1 amide bonds. The van der Waals surface area contributed by atoms with E-state index in [1.807, 2.05) is 0 Å². The number of nitrogens with zero attached hydrogens (tertiary/aromatic N) is 1. The quantitative estimate of drug-likeness (QED) is 0.804. The summed E-state index contributed by atoms with van der Waals surface area (Å²) in [5.41, 5.74) is -0.370. The van der Waals surface area contributed by atoms with Crippen LogP contribution in [0.2, 0.25) is 0 Å². The monoisotopic (exact) mass is 268 g/mol. The summed E-state index contributed by atoms with van der Waals surface area (Å²) >= 11 is 0. The van der Waals surface area contributed by atoms with Crippen LogP contribution in [0.1, 0.15) is 45.4 Å². The van der Waals surface area contributed by atoms with Crippen molar-refractivity contribution in [2.45, 2.75) is 51.5 Å². The molecule has 0 spiro atoms. The summed E-state index contributed by atoms with van der Waals surface area (Å²) in [6, 6.07) is -0.608. The fourth-order valence-corrected chi connectivity index (χ4v) is 3.52. The molecule has 2 fully saturated rings. The second-order valence-corrected chi connectivity index (χ2v) is 5.81. The third-order valence-corrected chi connectivity index (χ3v) is 4.45. The van der Waals surface area contributed by atoms with Crippen molar-refractivity contribution in [1.82, 2.24) is 10.2 Å². The van der Waals surface area contributed by atoms with Crippen LogP contribution in [0, 0.1) is 5.41 Å². The normalized spacial score (nSPS) is 31.4. The smallest absolute Gasteiger partial charge is 0.326 e. The average molecular weight is 268 g/mol. The number of piperidine rings is 1. The second-order valence-electron chi connectivity index (χ2n) is 5.81. The van der Waals surface area contributed by atoms with E-state index in [0.29, 0.717) is 19.5 Å². The van der Waals surface area contributed by atoms with E-state index in [1.54, 1.807) is 4.90 Å². The van der Waals surface area contributed by atoms with Crippen molar-refractivity contribution in [2.75, 3.05) is 19.6 Å². The predicted molar refractivity (Wildman–Crippen MR) is 71.8 cm³/mol. The van der Waals surface area contributed by atoms with E-state index >= 15 is 0 Å². The zero-order valence-corrected chi connectivity index (χ0v) is 11.7. The van der Waals surface area contributed by atoms with Gasteiger partial charge in [0, 0.05) is 13.1 Å². The Kier molecular flexibility index (Phi) is 4.45. The molecule has 0 saturated carbocycles. The van der Waals surface area contributed by atoms with Crippen molar-refractivity contribution < 1.29 is 14.7 Å². The van der Waals surface area contributed by atoms with Crippen molar-refractivity contribution in [1.29, 1.82) is 0 Å². The minimum Gasteiger partial charge on any atom is -0.480 e. The van der Waals surface area contributed by atoms with E-state index in [0.717, 1.165) is 38.6 Å². The minimum absolute atomic E-state index is 0.0615. The number of likely N-dealkylation sites (tertiary alicyclic amines) is 1. The maximum Gasteiger partial charge on any atom is 0.326 e. The Bertz CT molecular complexity index is 345. The Morgan fingerprint density at radius 2 is 2.21 bits per heavy atom. The van der Waals surface area contributed by atoms with E-state index < -0.39 is 12.0 Å². The van der Waals surface area contributed by atoms with Crippen molar-refractivity contribution in [3.05, 3.63) is 0 Å². The molecule has 0 aromatic heterocycles. The lowest BCUT2D eigenvalue weighted by Crippen LogP contribution is -2.54. The highest BCUT2D eigenvalue weighted by molar-refractivity contribution is 5.88. The van der Waals surface area contributed by atoms with Crippen LogP contribution in [0.25, 0.3) is 0 Å². The molecule has 0 aromatic rings. The van der Waals surface area contributed by atoms with E-state index in [2.05, 4.69) is 12.2 Å². The van der Waals surface area contributed by atoms with Crippen molar-refractivity contribution in [3.8, 4) is 0 Å². The molecule has 0 radical (unpaired) electrons. The van der Waals surface area contributed by atoms with Crippen LogP contribution >= 0.6 is 0 Å². The Balaban J connectivity index is 2.16. The Morgan fingerprint density at radius 3 is 2.79 bits per heavy atom. The summed E-state index contributed by atoms with van der Waals surface area (Å²) in [4.78, 5) is 25.7. The number of carboxylic acid groups (broad SMARTS) is 1. The van der Waals surface area contributed by atoms with Gasteiger partial charge in [0.05, 0.1) is 5.41 Å². The fourth-order valence-electron chi connectivity index (χ4n) is 3.52. The molecule has 2 atom stereocenters. The van der Waals surface area contributed by atoms with Crippen molar-refractivity contribution in [3.63, 3.8) is 0 Å². The zero-order valence-electron chi connectivity index (χ0n) is 11.7. The van der Waals surface area contributed by atoms with E-state index in [4.69, 9.17) is 0 Å². The number of amides is 1. The lowest BCUT2D eigenvalue weighted by molar-refractivity contribution is -0.154. The van der Waals surface area contributed by atoms with Crippen LogP contribution in [0.15, 0.2) is 0 Å². The number of aliphatic carboxylic acids is 1.